The smallest absolute Gasteiger partial charge is 0.430 e. The van der Waals surface area contributed by atoms with Crippen LogP contribution in [0.4, 0.5) is 4.79 Å². The Morgan fingerprint density at radius 3 is 2.38 bits per heavy atom. The first-order chi connectivity index (χ1) is 7.54. The van der Waals surface area contributed by atoms with Crippen molar-refractivity contribution >= 4 is 41.0 Å². The molecular formula is C10H7Cl3O3. The van der Waals surface area contributed by atoms with E-state index < -0.39 is 6.16 Å². The van der Waals surface area contributed by atoms with Crippen LogP contribution in [0.15, 0.2) is 24.8 Å². The average molecular weight is 282 g/mol. The van der Waals surface area contributed by atoms with Gasteiger partial charge in [0.05, 0.1) is 10.0 Å². The molecular weight excluding hydrogens is 274 g/mol. The highest BCUT2D eigenvalue weighted by Crippen LogP contribution is 2.35. The van der Waals surface area contributed by atoms with E-state index >= 15 is 0 Å². The van der Waals surface area contributed by atoms with E-state index in [4.69, 9.17) is 39.5 Å². The van der Waals surface area contributed by atoms with Crippen LogP contribution < -0.4 is 4.74 Å². The molecule has 0 aliphatic rings. The zero-order valence-electron chi connectivity index (χ0n) is 8.00. The second-order valence-corrected chi connectivity index (χ2v) is 3.90. The third kappa shape index (κ3) is 3.59. The maximum atomic E-state index is 11.1. The molecule has 16 heavy (non-hydrogen) atoms. The first kappa shape index (κ1) is 13.2. The molecule has 0 bridgehead atoms. The Labute approximate surface area is 107 Å². The van der Waals surface area contributed by atoms with Crippen LogP contribution in [0.2, 0.25) is 15.1 Å². The predicted molar refractivity (Wildman–Crippen MR) is 63.6 cm³/mol. The van der Waals surface area contributed by atoms with Crippen LogP contribution in [0.1, 0.15) is 0 Å². The molecule has 0 radical (unpaired) electrons. The minimum Gasteiger partial charge on any atom is -0.430 e. The molecule has 0 atom stereocenters. The summed E-state index contributed by atoms with van der Waals surface area (Å²) in [6, 6.07) is 2.82. The van der Waals surface area contributed by atoms with E-state index in [1.54, 1.807) is 0 Å². The predicted octanol–water partition coefficient (Wildman–Crippen LogP) is 4.35. The van der Waals surface area contributed by atoms with Gasteiger partial charge in [-0.3, -0.25) is 0 Å². The summed E-state index contributed by atoms with van der Waals surface area (Å²) in [5.41, 5.74) is 0. The fourth-order valence-corrected chi connectivity index (χ4v) is 1.76. The lowest BCUT2D eigenvalue weighted by molar-refractivity contribution is 0.110. The maximum Gasteiger partial charge on any atom is 0.514 e. The normalized spacial score (nSPS) is 9.69. The standard InChI is InChI=1S/C10H7Cl3O3/c1-2-3-15-10(14)16-9-7(12)4-6(11)5-8(9)13/h2,4-5H,1,3H2. The Morgan fingerprint density at radius 1 is 1.31 bits per heavy atom. The fourth-order valence-electron chi connectivity index (χ4n) is 0.866. The highest BCUT2D eigenvalue weighted by Gasteiger charge is 2.14. The molecule has 0 amide bonds. The zero-order valence-corrected chi connectivity index (χ0v) is 10.3. The Balaban J connectivity index is 2.81. The molecule has 0 fully saturated rings. The summed E-state index contributed by atoms with van der Waals surface area (Å²) in [6.45, 7) is 3.43. The van der Waals surface area contributed by atoms with E-state index in [-0.39, 0.29) is 22.4 Å². The quantitative estimate of drug-likeness (QED) is 0.469. The maximum absolute atomic E-state index is 11.1. The van der Waals surface area contributed by atoms with Crippen molar-refractivity contribution in [3.63, 3.8) is 0 Å². The van der Waals surface area contributed by atoms with Gasteiger partial charge < -0.3 is 9.47 Å². The van der Waals surface area contributed by atoms with Crippen LogP contribution in [0.25, 0.3) is 0 Å². The molecule has 0 N–H and O–H groups in total. The zero-order chi connectivity index (χ0) is 12.1. The van der Waals surface area contributed by atoms with Crippen molar-refractivity contribution in [2.75, 3.05) is 6.61 Å². The molecule has 0 aromatic heterocycles. The summed E-state index contributed by atoms with van der Waals surface area (Å²) in [6.07, 6.45) is 0.498. The highest BCUT2D eigenvalue weighted by molar-refractivity contribution is 6.40. The summed E-state index contributed by atoms with van der Waals surface area (Å²) in [7, 11) is 0. The summed E-state index contributed by atoms with van der Waals surface area (Å²) in [4.78, 5) is 11.1. The number of benzene rings is 1. The number of ether oxygens (including phenoxy) is 2. The largest absolute Gasteiger partial charge is 0.514 e. The fraction of sp³-hybridized carbons (Fsp3) is 0.100. The minimum absolute atomic E-state index is 0.0156. The van der Waals surface area contributed by atoms with E-state index in [1.165, 1.54) is 18.2 Å². The first-order valence-electron chi connectivity index (χ1n) is 4.14. The number of hydrogen-bond acceptors (Lipinski definition) is 3. The monoisotopic (exact) mass is 280 g/mol. The van der Waals surface area contributed by atoms with Gasteiger partial charge in [0.25, 0.3) is 0 Å². The van der Waals surface area contributed by atoms with Crippen molar-refractivity contribution in [1.29, 1.82) is 0 Å². The van der Waals surface area contributed by atoms with Crippen LogP contribution in [-0.2, 0) is 4.74 Å². The van der Waals surface area contributed by atoms with Crippen LogP contribution in [0.3, 0.4) is 0 Å². The van der Waals surface area contributed by atoms with Crippen molar-refractivity contribution in [2.45, 2.75) is 0 Å². The van der Waals surface area contributed by atoms with Crippen molar-refractivity contribution in [1.82, 2.24) is 0 Å². The second-order valence-electron chi connectivity index (χ2n) is 2.65. The lowest BCUT2D eigenvalue weighted by atomic mass is 10.3. The van der Waals surface area contributed by atoms with E-state index in [1.807, 2.05) is 0 Å². The number of carbonyl (C=O) groups is 1. The first-order valence-corrected chi connectivity index (χ1v) is 5.28. The summed E-state index contributed by atoms with van der Waals surface area (Å²) < 4.78 is 9.41. The molecule has 3 nitrogen and oxygen atoms in total. The molecule has 86 valence electrons. The molecule has 1 rings (SSSR count). The molecule has 0 aliphatic carbocycles. The van der Waals surface area contributed by atoms with Crippen molar-refractivity contribution in [3.05, 3.63) is 39.9 Å². The molecule has 0 heterocycles. The van der Waals surface area contributed by atoms with Gasteiger partial charge in [-0.2, -0.15) is 0 Å². The number of carbonyl (C=O) groups excluding carboxylic acids is 1. The van der Waals surface area contributed by atoms with Crippen LogP contribution in [-0.4, -0.2) is 12.8 Å². The third-order valence-electron chi connectivity index (χ3n) is 1.47. The minimum atomic E-state index is -0.911. The van der Waals surface area contributed by atoms with Gasteiger partial charge in [0.15, 0.2) is 5.75 Å². The van der Waals surface area contributed by atoms with Crippen LogP contribution in [0.5, 0.6) is 5.75 Å². The van der Waals surface area contributed by atoms with Gasteiger partial charge in [-0.05, 0) is 12.1 Å². The van der Waals surface area contributed by atoms with Gasteiger partial charge in [0, 0.05) is 5.02 Å². The lowest BCUT2D eigenvalue weighted by Crippen LogP contribution is -2.11. The Hall–Kier alpha value is -0.900. The molecule has 0 saturated carbocycles. The summed E-state index contributed by atoms with van der Waals surface area (Å²) in [5, 5.41) is 0.614. The van der Waals surface area contributed by atoms with Crippen molar-refractivity contribution in [2.24, 2.45) is 0 Å². The Morgan fingerprint density at radius 2 is 1.88 bits per heavy atom. The topological polar surface area (TPSA) is 35.5 Å². The number of halogens is 3. The number of hydrogen-bond donors (Lipinski definition) is 0. The van der Waals surface area contributed by atoms with Crippen LogP contribution >= 0.6 is 34.8 Å². The van der Waals surface area contributed by atoms with E-state index in [2.05, 4.69) is 11.3 Å². The van der Waals surface area contributed by atoms with Gasteiger partial charge >= 0.3 is 6.16 Å². The lowest BCUT2D eigenvalue weighted by Gasteiger charge is -2.08. The summed E-state index contributed by atoms with van der Waals surface area (Å²) in [5.74, 6) is 0.0156. The van der Waals surface area contributed by atoms with Gasteiger partial charge in [0.2, 0.25) is 0 Å². The molecule has 0 aliphatic heterocycles. The molecule has 0 saturated heterocycles. The average Bonchev–Trinajstić information content (AvgIpc) is 2.20. The summed E-state index contributed by atoms with van der Waals surface area (Å²) >= 11 is 17.3. The Kier molecular flexibility index (Phi) is 4.93. The SMILES string of the molecule is C=CCOC(=O)Oc1c(Cl)cc(Cl)cc1Cl. The van der Waals surface area contributed by atoms with Gasteiger partial charge in [0.1, 0.15) is 6.61 Å². The van der Waals surface area contributed by atoms with Crippen LogP contribution in [0, 0.1) is 0 Å². The van der Waals surface area contributed by atoms with Crippen molar-refractivity contribution in [3.8, 4) is 5.75 Å². The molecule has 0 unspecified atom stereocenters. The molecule has 6 heteroatoms. The van der Waals surface area contributed by atoms with Gasteiger partial charge in [-0.1, -0.05) is 47.5 Å². The number of rotatable bonds is 3. The second kappa shape index (κ2) is 5.99. The van der Waals surface area contributed by atoms with Crippen molar-refractivity contribution < 1.29 is 14.3 Å². The van der Waals surface area contributed by atoms with E-state index in [0.717, 1.165) is 0 Å². The Bertz CT molecular complexity index is 395. The van der Waals surface area contributed by atoms with Gasteiger partial charge in [-0.25, -0.2) is 4.79 Å². The van der Waals surface area contributed by atoms with Gasteiger partial charge in [-0.15, -0.1) is 0 Å². The van der Waals surface area contributed by atoms with E-state index in [9.17, 15) is 4.79 Å². The molecule has 1 aromatic carbocycles. The molecule has 1 aromatic rings. The highest BCUT2D eigenvalue weighted by atomic mass is 35.5. The molecule has 0 spiro atoms. The third-order valence-corrected chi connectivity index (χ3v) is 2.25. The van der Waals surface area contributed by atoms with E-state index in [0.29, 0.717) is 5.02 Å².